The average Bonchev–Trinajstić information content (AvgIpc) is 4.11. The Labute approximate surface area is 401 Å². The number of carbonyl (C=O) groups is 2. The number of esters is 2. The lowest BCUT2D eigenvalue weighted by molar-refractivity contribution is -0.150. The van der Waals surface area contributed by atoms with Gasteiger partial charge in [0.15, 0.2) is 0 Å². The van der Waals surface area contributed by atoms with Gasteiger partial charge in [-0.25, -0.2) is 4.67 Å². The van der Waals surface area contributed by atoms with Crippen LogP contribution in [0.2, 0.25) is 0 Å². The maximum absolute atomic E-state index is 12.2. The maximum Gasteiger partial charge on any atom is 0.309 e. The topological polar surface area (TPSA) is 118 Å². The zero-order chi connectivity index (χ0) is 45.3. The standard InChI is InChI=1S/C29H51N2O4PS2.C20H34O3S2/c1-24(2)31(25(3)4)36(35-19-13-16-30)34-18-10-6-8-12-21-38-37-20-11-7-5-9-17-33-29(32)28-23-26-14-15-27(28)22-26;21-11-5-1-3-7-13-24-25-14-8-4-2-6-12-23-20(22)19-16-17-9-10-18(19)15-17/h14-15,24-28H,5-13,17-23H2,1-4H3;9-10,17-19,21H,1-8,11-16H2. The van der Waals surface area contributed by atoms with Crippen molar-refractivity contribution in [3.8, 4) is 6.07 Å². The summed E-state index contributed by atoms with van der Waals surface area (Å²) in [4.78, 5) is 24.3. The molecule has 4 aliphatic carbocycles. The molecule has 2 saturated carbocycles. The molecule has 4 bridgehead atoms. The van der Waals surface area contributed by atoms with Crippen LogP contribution in [0.3, 0.4) is 0 Å². The summed E-state index contributed by atoms with van der Waals surface area (Å²) in [5, 5.41) is 17.5. The lowest BCUT2D eigenvalue weighted by Gasteiger charge is -2.35. The molecular weight excluding hydrogens is 888 g/mol. The molecule has 4 aliphatic rings. The Balaban J connectivity index is 0.000000365. The number of aliphatic hydroxyl groups excluding tert-OH is 1. The molecule has 4 rings (SSSR count). The average molecular weight is 973 g/mol. The van der Waals surface area contributed by atoms with Crippen molar-refractivity contribution >= 4 is 63.6 Å². The van der Waals surface area contributed by atoms with Crippen molar-refractivity contribution < 1.29 is 33.2 Å². The molecule has 2 fully saturated rings. The fourth-order valence-corrected chi connectivity index (χ4v) is 15.0. The van der Waals surface area contributed by atoms with E-state index in [0.717, 1.165) is 70.6 Å². The quantitative estimate of drug-likeness (QED) is 0.0208. The number of ether oxygens (including phenoxy) is 2. The minimum absolute atomic E-state index is 0.0383. The number of nitrogens with zero attached hydrogens (tertiary/aromatic N) is 2. The first-order valence-corrected chi connectivity index (χ1v) is 30.9. The van der Waals surface area contributed by atoms with Gasteiger partial charge in [0, 0.05) is 41.7 Å². The van der Waals surface area contributed by atoms with Crippen LogP contribution in [0.5, 0.6) is 0 Å². The van der Waals surface area contributed by atoms with E-state index in [2.05, 4.69) is 62.7 Å². The summed E-state index contributed by atoms with van der Waals surface area (Å²) < 4.78 is 25.4. The van der Waals surface area contributed by atoms with Gasteiger partial charge in [-0.2, -0.15) is 5.26 Å². The molecule has 0 aromatic rings. The van der Waals surface area contributed by atoms with Crippen LogP contribution in [0.1, 0.15) is 163 Å². The monoisotopic (exact) mass is 972 g/mol. The Bertz CT molecular complexity index is 1300. The molecule has 0 amide bonds. The number of nitriles is 1. The first-order chi connectivity index (χ1) is 30.7. The van der Waals surface area contributed by atoms with Crippen LogP contribution in [-0.2, 0) is 28.1 Å². The van der Waals surface area contributed by atoms with Gasteiger partial charge in [-0.3, -0.25) is 9.59 Å². The van der Waals surface area contributed by atoms with Gasteiger partial charge in [0.1, 0.15) is 0 Å². The smallest absolute Gasteiger partial charge is 0.309 e. The van der Waals surface area contributed by atoms with Gasteiger partial charge in [0.2, 0.25) is 0 Å². The van der Waals surface area contributed by atoms with Crippen LogP contribution in [0.15, 0.2) is 24.3 Å². The fraction of sp³-hybridized carbons (Fsp3) is 0.857. The number of rotatable bonds is 38. The number of carbonyl (C=O) groups excluding carboxylic acids is 2. The van der Waals surface area contributed by atoms with Crippen LogP contribution in [0.4, 0.5) is 0 Å². The van der Waals surface area contributed by atoms with Gasteiger partial charge in [0.05, 0.1) is 50.8 Å². The molecule has 1 N–H and O–H groups in total. The highest BCUT2D eigenvalue weighted by Crippen LogP contribution is 2.47. The highest BCUT2D eigenvalue weighted by molar-refractivity contribution is 8.77. The van der Waals surface area contributed by atoms with Crippen LogP contribution < -0.4 is 0 Å². The van der Waals surface area contributed by atoms with E-state index < -0.39 is 8.53 Å². The minimum atomic E-state index is -1.11. The second-order valence-electron chi connectivity index (χ2n) is 18.2. The first kappa shape index (κ1) is 56.9. The molecule has 63 heavy (non-hydrogen) atoms. The third kappa shape index (κ3) is 25.0. The van der Waals surface area contributed by atoms with E-state index in [1.165, 1.54) is 80.8 Å². The predicted molar refractivity (Wildman–Crippen MR) is 272 cm³/mol. The van der Waals surface area contributed by atoms with Crippen molar-refractivity contribution in [2.75, 3.05) is 56.0 Å². The summed E-state index contributed by atoms with van der Waals surface area (Å²) in [6.45, 7) is 11.3. The molecule has 0 radical (unpaired) electrons. The van der Waals surface area contributed by atoms with Crippen molar-refractivity contribution in [3.05, 3.63) is 24.3 Å². The molecule has 0 aliphatic heterocycles. The fourth-order valence-electron chi connectivity index (χ4n) is 8.83. The lowest BCUT2D eigenvalue weighted by Crippen LogP contribution is -2.33. The van der Waals surface area contributed by atoms with Crippen molar-refractivity contribution in [2.24, 2.45) is 35.5 Å². The van der Waals surface area contributed by atoms with Gasteiger partial charge < -0.3 is 23.6 Å². The largest absolute Gasteiger partial charge is 0.465 e. The molecule has 14 heteroatoms. The highest BCUT2D eigenvalue weighted by Gasteiger charge is 2.41. The molecule has 0 spiro atoms. The first-order valence-electron chi connectivity index (χ1n) is 24.8. The summed E-state index contributed by atoms with van der Waals surface area (Å²) in [6.07, 6.45) is 32.3. The highest BCUT2D eigenvalue weighted by atomic mass is 33.1. The van der Waals surface area contributed by atoms with Gasteiger partial charge in [-0.15, -0.1) is 0 Å². The molecule has 0 heterocycles. The molecule has 7 atom stereocenters. The zero-order valence-electron chi connectivity index (χ0n) is 39.5. The number of allylic oxidation sites excluding steroid dienone is 4. The number of fused-ring (bicyclic) bond motifs is 4. The van der Waals surface area contributed by atoms with E-state index in [0.29, 0.717) is 75.2 Å². The Kier molecular flexibility index (Phi) is 33.1. The number of hydrogen-bond acceptors (Lipinski definition) is 13. The van der Waals surface area contributed by atoms with Crippen LogP contribution in [0, 0.1) is 46.8 Å². The van der Waals surface area contributed by atoms with Crippen molar-refractivity contribution in [1.82, 2.24) is 4.67 Å². The molecule has 9 nitrogen and oxygen atoms in total. The van der Waals surface area contributed by atoms with E-state index in [1.807, 2.05) is 43.2 Å². The molecule has 362 valence electrons. The van der Waals surface area contributed by atoms with Gasteiger partial charge in [-0.05, 0) is 128 Å². The Morgan fingerprint density at radius 3 is 1.35 bits per heavy atom. The third-order valence-electron chi connectivity index (χ3n) is 12.2. The van der Waals surface area contributed by atoms with E-state index in [4.69, 9.17) is 28.9 Å². The van der Waals surface area contributed by atoms with Gasteiger partial charge in [0.25, 0.3) is 8.53 Å². The Hall–Kier alpha value is -0.420. The predicted octanol–water partition coefficient (Wildman–Crippen LogP) is 13.8. The third-order valence-corrected chi connectivity index (χ3v) is 19.4. The van der Waals surface area contributed by atoms with E-state index in [1.54, 1.807) is 0 Å². The number of aliphatic hydroxyl groups is 1. The second kappa shape index (κ2) is 36.6. The van der Waals surface area contributed by atoms with Crippen LogP contribution in [-0.4, -0.2) is 89.8 Å². The van der Waals surface area contributed by atoms with Crippen LogP contribution in [0.25, 0.3) is 0 Å². The van der Waals surface area contributed by atoms with Gasteiger partial charge >= 0.3 is 11.9 Å². The minimum Gasteiger partial charge on any atom is -0.465 e. The van der Waals surface area contributed by atoms with E-state index in [9.17, 15) is 9.59 Å². The Morgan fingerprint density at radius 2 is 0.984 bits per heavy atom. The normalized spacial score (nSPS) is 22.3. The van der Waals surface area contributed by atoms with Crippen molar-refractivity contribution in [1.29, 1.82) is 5.26 Å². The molecule has 0 aromatic heterocycles. The lowest BCUT2D eigenvalue weighted by atomic mass is 9.94. The molecule has 7 unspecified atom stereocenters. The SMILES string of the molecule is CC(C)N(C(C)C)P(OCCC#N)OCCCCCCSSCCCCCCOC(=O)C1CC2C=CC1C2.O=C(OCCCCCCSSCCCCCCO)C1CC2C=CC1C2. The zero-order valence-corrected chi connectivity index (χ0v) is 43.7. The summed E-state index contributed by atoms with van der Waals surface area (Å²) >= 11 is 0. The van der Waals surface area contributed by atoms with Crippen molar-refractivity contribution in [2.45, 2.75) is 175 Å². The van der Waals surface area contributed by atoms with Crippen molar-refractivity contribution in [3.63, 3.8) is 0 Å². The number of unbranched alkanes of at least 4 members (excludes halogenated alkanes) is 12. The molecule has 0 aromatic carbocycles. The molecular formula is C49H85N2O7PS4. The van der Waals surface area contributed by atoms with Gasteiger partial charge in [-0.1, -0.05) is 119 Å². The summed E-state index contributed by atoms with van der Waals surface area (Å²) in [6, 6.07) is 2.84. The summed E-state index contributed by atoms with van der Waals surface area (Å²) in [7, 11) is 6.85. The van der Waals surface area contributed by atoms with Crippen LogP contribution >= 0.6 is 51.7 Å². The van der Waals surface area contributed by atoms with E-state index in [-0.39, 0.29) is 23.8 Å². The summed E-state index contributed by atoms with van der Waals surface area (Å²) in [5.41, 5.74) is 0. The Morgan fingerprint density at radius 1 is 0.587 bits per heavy atom. The second-order valence-corrected chi connectivity index (χ2v) is 25.0. The molecule has 0 saturated heterocycles. The summed E-state index contributed by atoms with van der Waals surface area (Å²) in [5.74, 6) is 7.38. The van der Waals surface area contributed by atoms with E-state index >= 15 is 0 Å². The maximum atomic E-state index is 12.2. The number of hydrogen-bond donors (Lipinski definition) is 1.